The van der Waals surface area contributed by atoms with Crippen molar-refractivity contribution in [3.63, 3.8) is 0 Å². The van der Waals surface area contributed by atoms with Crippen LogP contribution >= 0.6 is 15.9 Å². The van der Waals surface area contributed by atoms with Crippen LogP contribution in [0, 0.1) is 12.7 Å². The number of hydrogen-bond donors (Lipinski definition) is 0. The number of aromatic nitrogens is 3. The van der Waals surface area contributed by atoms with Gasteiger partial charge in [-0.3, -0.25) is 0 Å². The highest BCUT2D eigenvalue weighted by Crippen LogP contribution is 2.24. The number of hydrogen-bond acceptors (Lipinski definition) is 2. The van der Waals surface area contributed by atoms with Crippen molar-refractivity contribution in [3.05, 3.63) is 22.3 Å². The van der Waals surface area contributed by atoms with E-state index in [2.05, 4.69) is 25.9 Å². The summed E-state index contributed by atoms with van der Waals surface area (Å²) in [7, 11) is 1.79. The molecule has 0 unspecified atom stereocenters. The number of pyridine rings is 1. The van der Waals surface area contributed by atoms with Crippen LogP contribution in [0.2, 0.25) is 0 Å². The molecular formula is C8H7BrFN3. The molecule has 0 aliphatic rings. The lowest BCUT2D eigenvalue weighted by Gasteiger charge is -2.00. The SMILES string of the molecule is Cc1nc2c(ncn2C)c(F)c1Br. The maximum Gasteiger partial charge on any atom is 0.168 e. The molecule has 0 amide bonds. The van der Waals surface area contributed by atoms with E-state index < -0.39 is 0 Å². The lowest BCUT2D eigenvalue weighted by Crippen LogP contribution is -1.94. The second-order valence-electron chi connectivity index (χ2n) is 2.85. The van der Waals surface area contributed by atoms with Crippen LogP contribution in [0.15, 0.2) is 10.8 Å². The molecule has 0 radical (unpaired) electrons. The van der Waals surface area contributed by atoms with Crippen molar-refractivity contribution in [2.75, 3.05) is 0 Å². The lowest BCUT2D eigenvalue weighted by atomic mass is 10.3. The molecule has 2 aromatic rings. The Morgan fingerprint density at radius 1 is 1.54 bits per heavy atom. The number of halogens is 2. The molecular weight excluding hydrogens is 237 g/mol. The Bertz CT molecular complexity index is 478. The van der Waals surface area contributed by atoms with E-state index in [9.17, 15) is 4.39 Å². The average molecular weight is 244 g/mol. The number of nitrogens with zero attached hydrogens (tertiary/aromatic N) is 3. The van der Waals surface area contributed by atoms with Crippen LogP contribution in [0.25, 0.3) is 11.2 Å². The molecule has 3 nitrogen and oxygen atoms in total. The summed E-state index contributed by atoms with van der Waals surface area (Å²) < 4.78 is 15.6. The molecule has 68 valence electrons. The van der Waals surface area contributed by atoms with Gasteiger partial charge in [0.2, 0.25) is 0 Å². The zero-order valence-corrected chi connectivity index (χ0v) is 8.76. The van der Waals surface area contributed by atoms with Crippen molar-refractivity contribution in [1.82, 2.24) is 14.5 Å². The Balaban J connectivity index is 2.96. The molecule has 0 aliphatic heterocycles. The van der Waals surface area contributed by atoms with E-state index in [1.807, 2.05) is 0 Å². The molecule has 2 aromatic heterocycles. The van der Waals surface area contributed by atoms with E-state index in [1.165, 1.54) is 0 Å². The number of imidazole rings is 1. The van der Waals surface area contributed by atoms with Crippen LogP contribution in [0.3, 0.4) is 0 Å². The Morgan fingerprint density at radius 2 is 2.23 bits per heavy atom. The predicted octanol–water partition coefficient (Wildman–Crippen LogP) is 2.18. The largest absolute Gasteiger partial charge is 0.318 e. The van der Waals surface area contributed by atoms with Gasteiger partial charge in [0.05, 0.1) is 16.5 Å². The van der Waals surface area contributed by atoms with E-state index in [0.717, 1.165) is 0 Å². The zero-order chi connectivity index (χ0) is 9.59. The summed E-state index contributed by atoms with van der Waals surface area (Å²) in [5.74, 6) is -0.344. The van der Waals surface area contributed by atoms with Crippen molar-refractivity contribution < 1.29 is 4.39 Å². The second kappa shape index (κ2) is 2.77. The molecule has 0 fully saturated rings. The lowest BCUT2D eigenvalue weighted by molar-refractivity contribution is 0.627. The van der Waals surface area contributed by atoms with E-state index >= 15 is 0 Å². The smallest absolute Gasteiger partial charge is 0.168 e. The molecule has 2 heterocycles. The monoisotopic (exact) mass is 243 g/mol. The summed E-state index contributed by atoms with van der Waals surface area (Å²) in [6.45, 7) is 1.75. The molecule has 5 heteroatoms. The molecule has 0 saturated heterocycles. The Morgan fingerprint density at radius 3 is 2.92 bits per heavy atom. The number of fused-ring (bicyclic) bond motifs is 1. The van der Waals surface area contributed by atoms with E-state index in [1.54, 1.807) is 24.9 Å². The van der Waals surface area contributed by atoms with Gasteiger partial charge in [-0.05, 0) is 22.9 Å². The summed E-state index contributed by atoms with van der Waals surface area (Å²) >= 11 is 3.12. The average Bonchev–Trinajstić information content (AvgIpc) is 2.45. The minimum Gasteiger partial charge on any atom is -0.318 e. The van der Waals surface area contributed by atoms with Gasteiger partial charge in [0.15, 0.2) is 11.5 Å². The molecule has 0 saturated carbocycles. The second-order valence-corrected chi connectivity index (χ2v) is 3.65. The first-order chi connectivity index (χ1) is 6.11. The molecule has 0 atom stereocenters. The van der Waals surface area contributed by atoms with Crippen molar-refractivity contribution in [3.8, 4) is 0 Å². The number of aryl methyl sites for hydroxylation is 2. The van der Waals surface area contributed by atoms with Crippen molar-refractivity contribution >= 4 is 27.1 Å². The van der Waals surface area contributed by atoms with Crippen LogP contribution in [0.5, 0.6) is 0 Å². The fourth-order valence-corrected chi connectivity index (χ4v) is 1.46. The Labute approximate surface area is 82.7 Å². The summed E-state index contributed by atoms with van der Waals surface area (Å²) in [5, 5.41) is 0. The van der Waals surface area contributed by atoms with Crippen LogP contribution in [-0.2, 0) is 7.05 Å². The summed E-state index contributed by atoms with van der Waals surface area (Å²) in [4.78, 5) is 8.12. The van der Waals surface area contributed by atoms with Gasteiger partial charge in [-0.15, -0.1) is 0 Å². The van der Waals surface area contributed by atoms with Gasteiger partial charge < -0.3 is 4.57 Å². The topological polar surface area (TPSA) is 30.7 Å². The third-order valence-corrected chi connectivity index (χ3v) is 2.82. The first-order valence-electron chi connectivity index (χ1n) is 3.74. The van der Waals surface area contributed by atoms with Crippen molar-refractivity contribution in [2.24, 2.45) is 7.05 Å². The molecule has 0 bridgehead atoms. The van der Waals surface area contributed by atoms with Crippen LogP contribution in [0.1, 0.15) is 5.69 Å². The van der Waals surface area contributed by atoms with Crippen LogP contribution < -0.4 is 0 Å². The van der Waals surface area contributed by atoms with E-state index in [4.69, 9.17) is 0 Å². The minimum absolute atomic E-state index is 0.306. The molecule has 13 heavy (non-hydrogen) atoms. The van der Waals surface area contributed by atoms with Gasteiger partial charge in [-0.1, -0.05) is 0 Å². The van der Waals surface area contributed by atoms with Crippen molar-refractivity contribution in [1.29, 1.82) is 0 Å². The predicted molar refractivity (Wildman–Crippen MR) is 50.9 cm³/mol. The molecule has 0 aliphatic carbocycles. The normalized spacial score (nSPS) is 11.1. The quantitative estimate of drug-likeness (QED) is 0.711. The van der Waals surface area contributed by atoms with Gasteiger partial charge in [-0.2, -0.15) is 0 Å². The highest BCUT2D eigenvalue weighted by Gasteiger charge is 2.13. The molecule has 0 spiro atoms. The van der Waals surface area contributed by atoms with E-state index in [0.29, 0.717) is 21.3 Å². The molecule has 0 aromatic carbocycles. The molecule has 2 rings (SSSR count). The van der Waals surface area contributed by atoms with Crippen molar-refractivity contribution in [2.45, 2.75) is 6.92 Å². The first-order valence-corrected chi connectivity index (χ1v) is 4.53. The van der Waals surface area contributed by atoms with Gasteiger partial charge in [0.25, 0.3) is 0 Å². The highest BCUT2D eigenvalue weighted by molar-refractivity contribution is 9.10. The first kappa shape index (κ1) is 8.62. The summed E-state index contributed by atoms with van der Waals surface area (Å²) in [5.41, 5.74) is 1.51. The minimum atomic E-state index is -0.344. The summed E-state index contributed by atoms with van der Waals surface area (Å²) in [6.07, 6.45) is 1.55. The third-order valence-electron chi connectivity index (χ3n) is 1.90. The third kappa shape index (κ3) is 1.14. The van der Waals surface area contributed by atoms with Crippen LogP contribution in [-0.4, -0.2) is 14.5 Å². The maximum atomic E-state index is 13.5. The molecule has 0 N–H and O–H groups in total. The fraction of sp³-hybridized carbons (Fsp3) is 0.250. The zero-order valence-electron chi connectivity index (χ0n) is 7.17. The maximum absolute atomic E-state index is 13.5. The standard InChI is InChI=1S/C8H7BrFN3/c1-4-5(9)6(10)7-8(12-4)13(2)3-11-7/h3H,1-2H3. The Kier molecular flexibility index (Phi) is 1.83. The van der Waals surface area contributed by atoms with Gasteiger partial charge >= 0.3 is 0 Å². The number of rotatable bonds is 0. The Hall–Kier alpha value is -0.970. The highest BCUT2D eigenvalue weighted by atomic mass is 79.9. The van der Waals surface area contributed by atoms with E-state index in [-0.39, 0.29) is 5.82 Å². The van der Waals surface area contributed by atoms with Crippen LogP contribution in [0.4, 0.5) is 4.39 Å². The fourth-order valence-electron chi connectivity index (χ4n) is 1.18. The van der Waals surface area contributed by atoms with Gasteiger partial charge in [0, 0.05) is 7.05 Å². The summed E-state index contributed by atoms with van der Waals surface area (Å²) in [6, 6.07) is 0. The van der Waals surface area contributed by atoms with Gasteiger partial charge in [0.1, 0.15) is 5.52 Å². The van der Waals surface area contributed by atoms with Gasteiger partial charge in [-0.25, -0.2) is 14.4 Å².